The standard InChI is InChI=1S/C15H13ClN4O/c16-13-3-1-2-11(8-13)9-20-15(14(10-21)18-19-20)12-4-6-17-7-5-12/h1-8,21H,9-10H2. The van der Waals surface area contributed by atoms with Crippen LogP contribution in [0, 0.1) is 0 Å². The van der Waals surface area contributed by atoms with E-state index in [1.165, 1.54) is 0 Å². The number of aromatic nitrogens is 4. The quantitative estimate of drug-likeness (QED) is 0.804. The number of hydrogen-bond acceptors (Lipinski definition) is 4. The Morgan fingerprint density at radius 1 is 1.14 bits per heavy atom. The number of hydrogen-bond donors (Lipinski definition) is 1. The first-order valence-electron chi connectivity index (χ1n) is 6.46. The first kappa shape index (κ1) is 13.7. The number of pyridine rings is 1. The topological polar surface area (TPSA) is 63.8 Å². The maximum Gasteiger partial charge on any atom is 0.116 e. The number of aliphatic hydroxyl groups is 1. The smallest absolute Gasteiger partial charge is 0.116 e. The van der Waals surface area contributed by atoms with E-state index in [0.717, 1.165) is 16.8 Å². The molecule has 0 saturated heterocycles. The summed E-state index contributed by atoms with van der Waals surface area (Å²) in [5, 5.41) is 18.3. The average molecular weight is 301 g/mol. The molecule has 1 aromatic carbocycles. The van der Waals surface area contributed by atoms with E-state index in [9.17, 15) is 5.11 Å². The molecule has 21 heavy (non-hydrogen) atoms. The van der Waals surface area contributed by atoms with Gasteiger partial charge >= 0.3 is 0 Å². The second kappa shape index (κ2) is 6.03. The molecule has 5 nitrogen and oxygen atoms in total. The van der Waals surface area contributed by atoms with Gasteiger partial charge < -0.3 is 5.11 Å². The fraction of sp³-hybridized carbons (Fsp3) is 0.133. The van der Waals surface area contributed by atoms with Crippen molar-refractivity contribution in [2.75, 3.05) is 0 Å². The molecule has 0 atom stereocenters. The molecular weight excluding hydrogens is 288 g/mol. The summed E-state index contributed by atoms with van der Waals surface area (Å²) in [6, 6.07) is 11.3. The predicted octanol–water partition coefficient (Wildman–Crippen LogP) is 2.53. The first-order chi connectivity index (χ1) is 10.3. The summed E-state index contributed by atoms with van der Waals surface area (Å²) in [5.41, 5.74) is 3.27. The third-order valence-corrected chi connectivity index (χ3v) is 3.36. The molecule has 0 aliphatic carbocycles. The predicted molar refractivity (Wildman–Crippen MR) is 79.7 cm³/mol. The highest BCUT2D eigenvalue weighted by Crippen LogP contribution is 2.23. The summed E-state index contributed by atoms with van der Waals surface area (Å²) >= 11 is 6.01. The van der Waals surface area contributed by atoms with E-state index in [0.29, 0.717) is 17.3 Å². The van der Waals surface area contributed by atoms with Crippen LogP contribution in [0.3, 0.4) is 0 Å². The van der Waals surface area contributed by atoms with Crippen LogP contribution in [-0.2, 0) is 13.2 Å². The van der Waals surface area contributed by atoms with Gasteiger partial charge in [-0.1, -0.05) is 28.9 Å². The highest BCUT2D eigenvalue weighted by Gasteiger charge is 2.14. The minimum absolute atomic E-state index is 0.160. The number of nitrogens with zero attached hydrogens (tertiary/aromatic N) is 4. The van der Waals surface area contributed by atoms with E-state index in [2.05, 4.69) is 15.3 Å². The molecule has 0 radical (unpaired) electrons. The SMILES string of the molecule is OCc1nnn(Cc2cccc(Cl)c2)c1-c1ccncc1. The summed E-state index contributed by atoms with van der Waals surface area (Å²) in [5.74, 6) is 0. The Morgan fingerprint density at radius 2 is 1.95 bits per heavy atom. The molecule has 2 heterocycles. The number of halogens is 1. The Morgan fingerprint density at radius 3 is 2.67 bits per heavy atom. The van der Waals surface area contributed by atoms with Crippen molar-refractivity contribution in [3.63, 3.8) is 0 Å². The fourth-order valence-corrected chi connectivity index (χ4v) is 2.41. The molecule has 0 aliphatic heterocycles. The van der Waals surface area contributed by atoms with Gasteiger partial charge in [-0.15, -0.1) is 5.10 Å². The van der Waals surface area contributed by atoms with Gasteiger partial charge in [0, 0.05) is 23.0 Å². The monoisotopic (exact) mass is 300 g/mol. The van der Waals surface area contributed by atoms with E-state index >= 15 is 0 Å². The van der Waals surface area contributed by atoms with Crippen LogP contribution >= 0.6 is 11.6 Å². The van der Waals surface area contributed by atoms with Crippen molar-refractivity contribution >= 4 is 11.6 Å². The van der Waals surface area contributed by atoms with Crippen molar-refractivity contribution in [2.24, 2.45) is 0 Å². The van der Waals surface area contributed by atoms with Gasteiger partial charge in [-0.25, -0.2) is 4.68 Å². The van der Waals surface area contributed by atoms with Crippen molar-refractivity contribution in [1.82, 2.24) is 20.0 Å². The van der Waals surface area contributed by atoms with Crippen molar-refractivity contribution in [3.8, 4) is 11.3 Å². The van der Waals surface area contributed by atoms with E-state index in [1.807, 2.05) is 36.4 Å². The largest absolute Gasteiger partial charge is 0.390 e. The highest BCUT2D eigenvalue weighted by molar-refractivity contribution is 6.30. The Balaban J connectivity index is 2.02. The summed E-state index contributed by atoms with van der Waals surface area (Å²) in [7, 11) is 0. The van der Waals surface area contributed by atoms with E-state index in [4.69, 9.17) is 11.6 Å². The molecule has 3 rings (SSSR count). The average Bonchev–Trinajstić information content (AvgIpc) is 2.91. The third kappa shape index (κ3) is 2.94. The van der Waals surface area contributed by atoms with Crippen LogP contribution in [0.25, 0.3) is 11.3 Å². The van der Waals surface area contributed by atoms with Gasteiger partial charge in [0.15, 0.2) is 0 Å². The van der Waals surface area contributed by atoms with Gasteiger partial charge in [0.2, 0.25) is 0 Å². The summed E-state index contributed by atoms with van der Waals surface area (Å²) in [6.07, 6.45) is 3.40. The molecule has 0 bridgehead atoms. The van der Waals surface area contributed by atoms with Crippen molar-refractivity contribution in [1.29, 1.82) is 0 Å². The van der Waals surface area contributed by atoms with E-state index < -0.39 is 0 Å². The Labute approximate surface area is 126 Å². The van der Waals surface area contributed by atoms with Crippen molar-refractivity contribution in [2.45, 2.75) is 13.2 Å². The lowest BCUT2D eigenvalue weighted by Gasteiger charge is -2.08. The minimum atomic E-state index is -0.160. The van der Waals surface area contributed by atoms with Crippen LogP contribution in [0.15, 0.2) is 48.8 Å². The Hall–Kier alpha value is -2.24. The maximum absolute atomic E-state index is 9.45. The van der Waals surface area contributed by atoms with Crippen LogP contribution in [0.1, 0.15) is 11.3 Å². The lowest BCUT2D eigenvalue weighted by Crippen LogP contribution is -2.04. The molecule has 6 heteroatoms. The Bertz CT molecular complexity index is 742. The maximum atomic E-state index is 9.45. The molecule has 0 saturated carbocycles. The Kier molecular flexibility index (Phi) is 3.94. The first-order valence-corrected chi connectivity index (χ1v) is 6.84. The fourth-order valence-electron chi connectivity index (χ4n) is 2.20. The molecular formula is C15H13ClN4O. The second-order valence-corrected chi connectivity index (χ2v) is 5.00. The zero-order valence-electron chi connectivity index (χ0n) is 11.1. The molecule has 106 valence electrons. The zero-order valence-corrected chi connectivity index (χ0v) is 11.9. The van der Waals surface area contributed by atoms with Gasteiger partial charge in [-0.05, 0) is 29.8 Å². The summed E-state index contributed by atoms with van der Waals surface area (Å²) in [6.45, 7) is 0.373. The number of aliphatic hydroxyl groups excluding tert-OH is 1. The van der Waals surface area contributed by atoms with Crippen LogP contribution in [-0.4, -0.2) is 25.1 Å². The van der Waals surface area contributed by atoms with Crippen LogP contribution in [0.4, 0.5) is 0 Å². The van der Waals surface area contributed by atoms with Crippen LogP contribution in [0.2, 0.25) is 5.02 Å². The molecule has 0 unspecified atom stereocenters. The minimum Gasteiger partial charge on any atom is -0.390 e. The molecule has 0 fully saturated rings. The molecule has 0 spiro atoms. The highest BCUT2D eigenvalue weighted by atomic mass is 35.5. The van der Waals surface area contributed by atoms with Gasteiger partial charge in [-0.3, -0.25) is 4.98 Å². The second-order valence-electron chi connectivity index (χ2n) is 4.57. The van der Waals surface area contributed by atoms with Crippen molar-refractivity contribution in [3.05, 3.63) is 65.1 Å². The molecule has 0 aliphatic rings. The van der Waals surface area contributed by atoms with Gasteiger partial charge in [0.05, 0.1) is 18.8 Å². The zero-order chi connectivity index (χ0) is 14.7. The molecule has 1 N–H and O–H groups in total. The van der Waals surface area contributed by atoms with E-state index in [1.54, 1.807) is 17.1 Å². The normalized spacial score (nSPS) is 10.8. The lowest BCUT2D eigenvalue weighted by atomic mass is 10.1. The third-order valence-electron chi connectivity index (χ3n) is 3.13. The van der Waals surface area contributed by atoms with Crippen LogP contribution < -0.4 is 0 Å². The van der Waals surface area contributed by atoms with E-state index in [-0.39, 0.29) is 6.61 Å². The summed E-state index contributed by atoms with van der Waals surface area (Å²) in [4.78, 5) is 4.01. The van der Waals surface area contributed by atoms with Gasteiger partial charge in [0.25, 0.3) is 0 Å². The molecule has 3 aromatic rings. The van der Waals surface area contributed by atoms with Gasteiger partial charge in [0.1, 0.15) is 5.69 Å². The number of benzene rings is 1. The van der Waals surface area contributed by atoms with Crippen molar-refractivity contribution < 1.29 is 5.11 Å². The van der Waals surface area contributed by atoms with Gasteiger partial charge in [-0.2, -0.15) is 0 Å². The summed E-state index contributed by atoms with van der Waals surface area (Å²) < 4.78 is 1.76. The lowest BCUT2D eigenvalue weighted by molar-refractivity contribution is 0.277. The number of rotatable bonds is 4. The molecule has 2 aromatic heterocycles. The van der Waals surface area contributed by atoms with Crippen LogP contribution in [0.5, 0.6) is 0 Å². The molecule has 0 amide bonds.